The van der Waals surface area contributed by atoms with Crippen LogP contribution in [-0.4, -0.2) is 90.3 Å². The number of hydrogen-bond acceptors (Lipinski definition) is 8. The molecule has 3 aliphatic rings. The van der Waals surface area contributed by atoms with E-state index in [1.165, 1.54) is 24.3 Å². The smallest absolute Gasteiger partial charge is 0.417 e. The first-order valence-corrected chi connectivity index (χ1v) is 23.0. The number of nitrogens with two attached hydrogens (primary N) is 2. The molecule has 0 unspecified atom stereocenters. The number of quaternary nitrogens is 1. The Balaban J connectivity index is 0.000000331. The minimum atomic E-state index is -4.49. The van der Waals surface area contributed by atoms with E-state index in [1.807, 2.05) is 20.8 Å². The Morgan fingerprint density at radius 2 is 0.929 bits per heavy atom. The van der Waals surface area contributed by atoms with Gasteiger partial charge in [0.2, 0.25) is 0 Å². The van der Waals surface area contributed by atoms with E-state index in [9.17, 15) is 53.9 Å². The van der Waals surface area contributed by atoms with Crippen molar-refractivity contribution in [2.45, 2.75) is 122 Å². The molecule has 3 heterocycles. The van der Waals surface area contributed by atoms with Crippen LogP contribution in [0.4, 0.5) is 66.2 Å². The van der Waals surface area contributed by atoms with Crippen molar-refractivity contribution in [3.8, 4) is 0 Å². The predicted molar refractivity (Wildman–Crippen MR) is 249 cm³/mol. The highest BCUT2D eigenvalue weighted by Gasteiger charge is 2.36. The van der Waals surface area contributed by atoms with Gasteiger partial charge in [-0.1, -0.05) is 34.8 Å². The van der Waals surface area contributed by atoms with Gasteiger partial charge in [0.05, 0.1) is 44.8 Å². The van der Waals surface area contributed by atoms with Crippen LogP contribution in [0.15, 0.2) is 54.6 Å². The number of nitrogen functional groups attached to an aromatic ring is 1. The van der Waals surface area contributed by atoms with Crippen molar-refractivity contribution in [3.05, 3.63) is 86.4 Å². The zero-order valence-corrected chi connectivity index (χ0v) is 42.4. The number of halogens is 13. The van der Waals surface area contributed by atoms with Crippen LogP contribution >= 0.6 is 34.8 Å². The number of hydrogen-bond donors (Lipinski definition) is 4. The van der Waals surface area contributed by atoms with Gasteiger partial charge in [-0.15, -0.1) is 0 Å². The number of rotatable bonds is 4. The molecule has 11 nitrogen and oxygen atoms in total. The molecule has 3 fully saturated rings. The summed E-state index contributed by atoms with van der Waals surface area (Å²) < 4.78 is 124. The maximum atomic E-state index is 12.9. The van der Waals surface area contributed by atoms with E-state index in [2.05, 4.69) is 16.0 Å². The number of benzene rings is 3. The van der Waals surface area contributed by atoms with Crippen LogP contribution in [0.2, 0.25) is 15.1 Å². The topological polar surface area (TPSA) is 143 Å². The quantitative estimate of drug-likeness (QED) is 0.150. The molecule has 0 radical (unpaired) electrons. The van der Waals surface area contributed by atoms with E-state index in [-0.39, 0.29) is 63.2 Å². The Kier molecular flexibility index (Phi) is 23.4. The number of ether oxygens (including phenoxy) is 2. The molecule has 0 aromatic heterocycles. The van der Waals surface area contributed by atoms with Crippen molar-refractivity contribution in [1.82, 2.24) is 9.80 Å². The van der Waals surface area contributed by atoms with Crippen molar-refractivity contribution < 1.29 is 81.1 Å². The van der Waals surface area contributed by atoms with Crippen LogP contribution < -0.4 is 34.1 Å². The molecule has 394 valence electrons. The Morgan fingerprint density at radius 3 is 1.29 bits per heavy atom. The summed E-state index contributed by atoms with van der Waals surface area (Å²) in [6.07, 6.45) is -9.92. The van der Waals surface area contributed by atoms with Crippen LogP contribution in [0.1, 0.15) is 96.8 Å². The lowest BCUT2D eigenvalue weighted by molar-refractivity contribution is -0.662. The van der Waals surface area contributed by atoms with Gasteiger partial charge in [-0.3, -0.25) is 4.79 Å². The number of nitrogens with one attached hydrogen (secondary N) is 2. The second kappa shape index (κ2) is 26.5. The normalized spacial score (nSPS) is 16.2. The summed E-state index contributed by atoms with van der Waals surface area (Å²) in [6, 6.07) is 11.2. The largest absolute Gasteiger partial charge is 1.00 e. The van der Waals surface area contributed by atoms with E-state index in [1.54, 1.807) is 36.6 Å². The van der Waals surface area contributed by atoms with Crippen LogP contribution in [0.3, 0.4) is 0 Å². The number of carbonyl (C=O) groups excluding carboxylic acids is 3. The fraction of sp³-hybridized carbons (Fsp3) is 0.543. The number of Topliss-reactive ketones (excluding diaryl/α,β-unsaturated/α-hetero) is 1. The van der Waals surface area contributed by atoms with Gasteiger partial charge in [0.25, 0.3) is 0 Å². The molecule has 0 spiro atoms. The van der Waals surface area contributed by atoms with Crippen LogP contribution in [0.5, 0.6) is 0 Å². The van der Waals surface area contributed by atoms with Crippen molar-refractivity contribution >= 4 is 69.8 Å². The van der Waals surface area contributed by atoms with Gasteiger partial charge in [-0.2, -0.15) is 39.5 Å². The lowest BCUT2D eigenvalue weighted by atomic mass is 10.0. The first-order chi connectivity index (χ1) is 31.7. The van der Waals surface area contributed by atoms with Gasteiger partial charge in [0.1, 0.15) is 17.0 Å². The van der Waals surface area contributed by atoms with E-state index >= 15 is 0 Å². The number of likely N-dealkylation sites (tertiary alicyclic amines) is 2. The molecule has 0 bridgehead atoms. The Hall–Kier alpha value is -4.24. The molecule has 0 saturated carbocycles. The number of ketones is 1. The first kappa shape index (κ1) is 61.9. The summed E-state index contributed by atoms with van der Waals surface area (Å²) in [6.45, 7) is 14.9. The van der Waals surface area contributed by atoms with Gasteiger partial charge in [-0.05, 0) is 109 Å². The summed E-state index contributed by atoms with van der Waals surface area (Å²) in [4.78, 5) is 37.7. The maximum Gasteiger partial charge on any atom is 0.417 e. The number of nitrogens with zero attached hydrogens (tertiary/aromatic N) is 2. The molecule has 24 heteroatoms. The minimum absolute atomic E-state index is 0. The van der Waals surface area contributed by atoms with Gasteiger partial charge >= 0.3 is 30.7 Å². The molecule has 0 aliphatic carbocycles. The summed E-state index contributed by atoms with van der Waals surface area (Å²) in [7, 11) is 0. The summed E-state index contributed by atoms with van der Waals surface area (Å²) in [5, 5.41) is 7.53. The van der Waals surface area contributed by atoms with E-state index in [0.717, 1.165) is 50.2 Å². The van der Waals surface area contributed by atoms with E-state index in [4.69, 9.17) is 50.0 Å². The predicted octanol–water partition coefficient (Wildman–Crippen LogP) is 9.20. The Morgan fingerprint density at radius 1 is 0.586 bits per heavy atom. The molecule has 6 rings (SSSR count). The van der Waals surface area contributed by atoms with Gasteiger partial charge in [0, 0.05) is 81.0 Å². The first-order valence-electron chi connectivity index (χ1n) is 21.9. The zero-order chi connectivity index (χ0) is 52.1. The van der Waals surface area contributed by atoms with Gasteiger partial charge < -0.3 is 53.4 Å². The molecule has 3 aromatic rings. The highest BCUT2D eigenvalue weighted by Crippen LogP contribution is 2.38. The number of amides is 2. The minimum Gasteiger partial charge on any atom is -1.00 e. The average molecular weight is 1090 g/mol. The molecule has 0 atom stereocenters. The Labute approximate surface area is 423 Å². The standard InChI is InChI=1S/C17H22ClF3N2O2.C12H14ClF3N2.C10H17NO3.C7H5ClF3N.ClH/c1-16(2,3)25-15(24)23-8-6-11(7-9-23)22-12-4-5-14(18)13(10-12)17(19,20)21;13-11-2-1-9(7-10(11)12(14,15)16)18-8-3-5-17-6-4-8;1-10(2,3)14-9(13)11-6-4-8(12)5-7-11;8-6-2-1-4(12)3-5(6)7(9,10)11;/h4-5,10-11,22H,6-9H2,1-3H3;1-2,7-8,17-18H,3-6H2;4-7H2,1-3H3;1-3H,12H2;1H. The molecule has 3 aromatic carbocycles. The number of anilines is 3. The SMILES string of the molecule is CC(C)(C)OC(=O)N1CCC(=O)CC1.CC(C)(C)OC(=O)N1CCC(Nc2ccc(Cl)c(C(F)(F)F)c2)CC1.FC(F)(F)c1cc(NC2CC[NH2+]CC2)ccc1Cl.Nc1ccc(Cl)c(C(F)(F)F)c1.[Cl-]. The van der Waals surface area contributed by atoms with Crippen molar-refractivity contribution in [2.24, 2.45) is 0 Å². The maximum absolute atomic E-state index is 12.9. The number of piperidine rings is 3. The lowest BCUT2D eigenvalue weighted by Crippen LogP contribution is -3.00. The average Bonchev–Trinajstić information content (AvgIpc) is 3.22. The van der Waals surface area contributed by atoms with Crippen molar-refractivity contribution in [1.29, 1.82) is 0 Å². The third-order valence-corrected chi connectivity index (χ3v) is 11.1. The molecule has 3 saturated heterocycles. The zero-order valence-electron chi connectivity index (χ0n) is 39.3. The molecular formula is C46H59Cl4F9N6O5. The molecular weight excluding hydrogens is 1030 g/mol. The van der Waals surface area contributed by atoms with E-state index in [0.29, 0.717) is 63.2 Å². The second-order valence-electron chi connectivity index (χ2n) is 18.3. The highest BCUT2D eigenvalue weighted by molar-refractivity contribution is 6.32. The second-order valence-corrected chi connectivity index (χ2v) is 19.5. The molecule has 6 N–H and O–H groups in total. The number of carbonyl (C=O) groups is 3. The molecule has 2 amide bonds. The summed E-state index contributed by atoms with van der Waals surface area (Å²) in [5.41, 5.74) is 2.52. The third-order valence-electron chi connectivity index (χ3n) is 10.1. The van der Waals surface area contributed by atoms with E-state index < -0.39 is 46.4 Å². The van der Waals surface area contributed by atoms with Crippen LogP contribution in [0.25, 0.3) is 0 Å². The number of alkyl halides is 9. The molecule has 3 aliphatic heterocycles. The fourth-order valence-electron chi connectivity index (χ4n) is 6.77. The highest BCUT2D eigenvalue weighted by atomic mass is 35.5. The summed E-state index contributed by atoms with van der Waals surface area (Å²) in [5.74, 6) is 0.227. The lowest BCUT2D eigenvalue weighted by Gasteiger charge is -2.34. The van der Waals surface area contributed by atoms with Gasteiger partial charge in [-0.25, -0.2) is 9.59 Å². The fourth-order valence-corrected chi connectivity index (χ4v) is 7.44. The third kappa shape index (κ3) is 22.0. The monoisotopic (exact) mass is 1090 g/mol. The molecule has 70 heavy (non-hydrogen) atoms. The summed E-state index contributed by atoms with van der Waals surface area (Å²) >= 11 is 16.5. The van der Waals surface area contributed by atoms with Crippen molar-refractivity contribution in [2.75, 3.05) is 55.6 Å². The van der Waals surface area contributed by atoms with Crippen LogP contribution in [-0.2, 0) is 32.8 Å². The Bertz CT molecular complexity index is 2160. The van der Waals surface area contributed by atoms with Crippen LogP contribution in [0, 0.1) is 0 Å². The van der Waals surface area contributed by atoms with Crippen molar-refractivity contribution in [3.63, 3.8) is 0 Å². The van der Waals surface area contributed by atoms with Gasteiger partial charge in [0.15, 0.2) is 0 Å².